The number of hydrogen-bond acceptors (Lipinski definition) is 2. The summed E-state index contributed by atoms with van der Waals surface area (Å²) >= 11 is 0. The Labute approximate surface area is 79.5 Å². The molecular weight excluding hydrogens is 164 g/mol. The molecule has 0 bridgehead atoms. The standard InChI is InChI=1S/C10H18N2O/c1-3-13-8-9(2)12-7-10-5-4-6-11-10/h4-6,9,11-12H,3,7-8H2,1-2H3. The summed E-state index contributed by atoms with van der Waals surface area (Å²) in [7, 11) is 0. The van der Waals surface area contributed by atoms with Gasteiger partial charge >= 0.3 is 0 Å². The quantitative estimate of drug-likeness (QED) is 0.700. The van der Waals surface area contributed by atoms with Gasteiger partial charge in [0.15, 0.2) is 0 Å². The third kappa shape index (κ3) is 4.10. The summed E-state index contributed by atoms with van der Waals surface area (Å²) in [5.74, 6) is 0. The summed E-state index contributed by atoms with van der Waals surface area (Å²) in [5.41, 5.74) is 1.21. The molecule has 2 N–H and O–H groups in total. The van der Waals surface area contributed by atoms with Gasteiger partial charge in [0.05, 0.1) is 6.61 Å². The third-order valence-corrected chi connectivity index (χ3v) is 1.88. The Morgan fingerprint density at radius 3 is 3.08 bits per heavy atom. The Balaban J connectivity index is 2.11. The number of ether oxygens (including phenoxy) is 1. The first-order valence-corrected chi connectivity index (χ1v) is 4.76. The lowest BCUT2D eigenvalue weighted by Gasteiger charge is -2.12. The minimum atomic E-state index is 0.406. The van der Waals surface area contributed by atoms with Crippen molar-refractivity contribution in [2.24, 2.45) is 0 Å². The molecule has 0 fully saturated rings. The van der Waals surface area contributed by atoms with Crippen molar-refractivity contribution in [3.63, 3.8) is 0 Å². The van der Waals surface area contributed by atoms with Gasteiger partial charge in [-0.05, 0) is 26.0 Å². The van der Waals surface area contributed by atoms with Gasteiger partial charge < -0.3 is 15.0 Å². The molecule has 0 aliphatic rings. The van der Waals surface area contributed by atoms with Crippen LogP contribution in [0.1, 0.15) is 19.5 Å². The summed E-state index contributed by atoms with van der Waals surface area (Å²) in [4.78, 5) is 3.15. The highest BCUT2D eigenvalue weighted by Gasteiger charge is 2.00. The van der Waals surface area contributed by atoms with Crippen molar-refractivity contribution in [3.8, 4) is 0 Å². The van der Waals surface area contributed by atoms with E-state index in [4.69, 9.17) is 4.74 Å². The van der Waals surface area contributed by atoms with Crippen molar-refractivity contribution >= 4 is 0 Å². The molecule has 1 rings (SSSR count). The van der Waals surface area contributed by atoms with Crippen LogP contribution < -0.4 is 5.32 Å². The first-order valence-electron chi connectivity index (χ1n) is 4.76. The molecule has 0 radical (unpaired) electrons. The number of aromatic nitrogens is 1. The van der Waals surface area contributed by atoms with E-state index in [0.29, 0.717) is 6.04 Å². The summed E-state index contributed by atoms with van der Waals surface area (Å²) in [6.45, 7) is 6.57. The van der Waals surface area contributed by atoms with E-state index in [-0.39, 0.29) is 0 Å². The molecule has 0 aliphatic carbocycles. The van der Waals surface area contributed by atoms with Gasteiger partial charge in [0.1, 0.15) is 0 Å². The maximum absolute atomic E-state index is 5.29. The van der Waals surface area contributed by atoms with Crippen LogP contribution in [0.3, 0.4) is 0 Å². The Kier molecular flexibility index (Phi) is 4.57. The second kappa shape index (κ2) is 5.78. The van der Waals surface area contributed by atoms with Crippen LogP contribution in [0, 0.1) is 0 Å². The van der Waals surface area contributed by atoms with E-state index < -0.39 is 0 Å². The van der Waals surface area contributed by atoms with Crippen LogP contribution in [0.4, 0.5) is 0 Å². The molecule has 1 atom stereocenters. The zero-order chi connectivity index (χ0) is 9.52. The molecule has 0 aliphatic heterocycles. The molecule has 1 aromatic heterocycles. The maximum Gasteiger partial charge on any atom is 0.0616 e. The van der Waals surface area contributed by atoms with E-state index in [2.05, 4.69) is 23.3 Å². The molecule has 0 aromatic carbocycles. The maximum atomic E-state index is 5.29. The molecule has 3 nitrogen and oxygen atoms in total. The van der Waals surface area contributed by atoms with Crippen LogP contribution in [-0.2, 0) is 11.3 Å². The molecular formula is C10H18N2O. The highest BCUT2D eigenvalue weighted by molar-refractivity contribution is 5.02. The van der Waals surface area contributed by atoms with Crippen LogP contribution in [0.15, 0.2) is 18.3 Å². The first kappa shape index (κ1) is 10.3. The van der Waals surface area contributed by atoms with E-state index in [1.807, 2.05) is 19.2 Å². The van der Waals surface area contributed by atoms with E-state index in [0.717, 1.165) is 19.8 Å². The van der Waals surface area contributed by atoms with Crippen LogP contribution >= 0.6 is 0 Å². The number of nitrogens with one attached hydrogen (secondary N) is 2. The van der Waals surface area contributed by atoms with Gasteiger partial charge in [-0.25, -0.2) is 0 Å². The monoisotopic (exact) mass is 182 g/mol. The van der Waals surface area contributed by atoms with Crippen LogP contribution in [-0.4, -0.2) is 24.2 Å². The highest BCUT2D eigenvalue weighted by Crippen LogP contribution is 1.94. The summed E-state index contributed by atoms with van der Waals surface area (Å²) in [5, 5.41) is 3.36. The van der Waals surface area contributed by atoms with Gasteiger partial charge in [0.25, 0.3) is 0 Å². The number of hydrogen-bond donors (Lipinski definition) is 2. The fourth-order valence-corrected chi connectivity index (χ4v) is 1.12. The number of rotatable bonds is 6. The molecule has 1 aromatic rings. The minimum absolute atomic E-state index is 0.406. The lowest BCUT2D eigenvalue weighted by Crippen LogP contribution is -2.30. The SMILES string of the molecule is CCOCC(C)NCc1ccc[nH]1. The Bertz CT molecular complexity index is 209. The zero-order valence-corrected chi connectivity index (χ0v) is 8.34. The van der Waals surface area contributed by atoms with Crippen molar-refractivity contribution in [2.45, 2.75) is 26.4 Å². The van der Waals surface area contributed by atoms with E-state index in [1.54, 1.807) is 0 Å². The predicted molar refractivity (Wildman–Crippen MR) is 53.6 cm³/mol. The predicted octanol–water partition coefficient (Wildman–Crippen LogP) is 1.53. The molecule has 0 spiro atoms. The lowest BCUT2D eigenvalue weighted by atomic mass is 10.3. The van der Waals surface area contributed by atoms with Crippen LogP contribution in [0.2, 0.25) is 0 Å². The molecule has 13 heavy (non-hydrogen) atoms. The average molecular weight is 182 g/mol. The first-order chi connectivity index (χ1) is 6.33. The van der Waals surface area contributed by atoms with Crippen LogP contribution in [0.25, 0.3) is 0 Å². The molecule has 1 unspecified atom stereocenters. The van der Waals surface area contributed by atoms with Crippen molar-refractivity contribution in [3.05, 3.63) is 24.0 Å². The van der Waals surface area contributed by atoms with Crippen molar-refractivity contribution in [1.82, 2.24) is 10.3 Å². The van der Waals surface area contributed by atoms with Crippen molar-refractivity contribution < 1.29 is 4.74 Å². The van der Waals surface area contributed by atoms with Gasteiger partial charge in [-0.2, -0.15) is 0 Å². The second-order valence-corrected chi connectivity index (χ2v) is 3.14. The number of H-pyrrole nitrogens is 1. The molecule has 0 amide bonds. The summed E-state index contributed by atoms with van der Waals surface area (Å²) in [6.07, 6.45) is 1.93. The molecule has 0 saturated heterocycles. The number of aromatic amines is 1. The van der Waals surface area contributed by atoms with Crippen molar-refractivity contribution in [1.29, 1.82) is 0 Å². The van der Waals surface area contributed by atoms with Crippen LogP contribution in [0.5, 0.6) is 0 Å². The smallest absolute Gasteiger partial charge is 0.0616 e. The normalized spacial score (nSPS) is 13.1. The van der Waals surface area contributed by atoms with Gasteiger partial charge in [0, 0.05) is 31.1 Å². The fraction of sp³-hybridized carbons (Fsp3) is 0.600. The molecule has 0 saturated carbocycles. The van der Waals surface area contributed by atoms with Gasteiger partial charge in [0.2, 0.25) is 0 Å². The average Bonchev–Trinajstić information content (AvgIpc) is 2.64. The zero-order valence-electron chi connectivity index (χ0n) is 8.34. The fourth-order valence-electron chi connectivity index (χ4n) is 1.12. The summed E-state index contributed by atoms with van der Waals surface area (Å²) in [6, 6.07) is 4.48. The molecule has 74 valence electrons. The topological polar surface area (TPSA) is 37.0 Å². The third-order valence-electron chi connectivity index (χ3n) is 1.88. The van der Waals surface area contributed by atoms with Gasteiger partial charge in [-0.3, -0.25) is 0 Å². The van der Waals surface area contributed by atoms with E-state index >= 15 is 0 Å². The lowest BCUT2D eigenvalue weighted by molar-refractivity contribution is 0.127. The Hall–Kier alpha value is -0.800. The Morgan fingerprint density at radius 1 is 1.62 bits per heavy atom. The largest absolute Gasteiger partial charge is 0.380 e. The molecule has 3 heteroatoms. The van der Waals surface area contributed by atoms with E-state index in [9.17, 15) is 0 Å². The highest BCUT2D eigenvalue weighted by atomic mass is 16.5. The minimum Gasteiger partial charge on any atom is -0.380 e. The van der Waals surface area contributed by atoms with E-state index in [1.165, 1.54) is 5.69 Å². The van der Waals surface area contributed by atoms with Crippen molar-refractivity contribution in [2.75, 3.05) is 13.2 Å². The Morgan fingerprint density at radius 2 is 2.46 bits per heavy atom. The molecule has 1 heterocycles. The van der Waals surface area contributed by atoms with Gasteiger partial charge in [-0.1, -0.05) is 0 Å². The van der Waals surface area contributed by atoms with Gasteiger partial charge in [-0.15, -0.1) is 0 Å². The summed E-state index contributed by atoms with van der Waals surface area (Å²) < 4.78 is 5.29. The second-order valence-electron chi connectivity index (χ2n) is 3.14.